The topological polar surface area (TPSA) is 0 Å². The van der Waals surface area contributed by atoms with Gasteiger partial charge in [-0.1, -0.05) is 95.2 Å². The summed E-state index contributed by atoms with van der Waals surface area (Å²) in [6, 6.07) is 16.0. The largest absolute Gasteiger partial charge is 0.148 e. The van der Waals surface area contributed by atoms with Gasteiger partial charge in [0.25, 0.3) is 0 Å². The second-order valence-corrected chi connectivity index (χ2v) is 15.1. The normalized spacial score (nSPS) is 11.6. The zero-order chi connectivity index (χ0) is 27.9. The van der Waals surface area contributed by atoms with E-state index in [1.807, 2.05) is 34.0 Å². The lowest BCUT2D eigenvalue weighted by Crippen LogP contribution is -1.84. The third-order valence-corrected chi connectivity index (χ3v) is 10.8. The van der Waals surface area contributed by atoms with Gasteiger partial charge in [-0.05, 0) is 87.7 Å². The molecule has 0 radical (unpaired) electrons. The number of thiophene rings is 3. The van der Waals surface area contributed by atoms with Crippen molar-refractivity contribution in [1.29, 1.82) is 0 Å². The fourth-order valence-electron chi connectivity index (χ4n) is 3.69. The molecule has 0 fully saturated rings. The predicted octanol–water partition coefficient (Wildman–Crippen LogP) is 13.1. The van der Waals surface area contributed by atoms with Gasteiger partial charge in [0.15, 0.2) is 0 Å². The van der Waals surface area contributed by atoms with Crippen molar-refractivity contribution < 1.29 is 0 Å². The van der Waals surface area contributed by atoms with Gasteiger partial charge in [0, 0.05) is 24.2 Å². The molecule has 3 heteroatoms. The molecule has 0 aliphatic carbocycles. The van der Waals surface area contributed by atoms with Crippen LogP contribution < -0.4 is 0 Å². The van der Waals surface area contributed by atoms with E-state index in [9.17, 15) is 0 Å². The molecular formula is C34H50S3. The van der Waals surface area contributed by atoms with E-state index in [0.29, 0.717) is 35.5 Å². The minimum atomic E-state index is 0.622. The van der Waals surface area contributed by atoms with Crippen molar-refractivity contribution in [3.63, 3.8) is 0 Å². The highest BCUT2D eigenvalue weighted by molar-refractivity contribution is 7.19. The van der Waals surface area contributed by atoms with E-state index in [4.69, 9.17) is 0 Å². The molecule has 0 nitrogen and oxygen atoms in total. The van der Waals surface area contributed by atoms with Gasteiger partial charge in [0.1, 0.15) is 0 Å². The molecule has 0 spiro atoms. The molecule has 4 rings (SSSR count). The first kappa shape index (κ1) is 31.8. The second-order valence-electron chi connectivity index (χ2n) is 11.9. The van der Waals surface area contributed by atoms with Crippen LogP contribution in [-0.4, -0.2) is 0 Å². The maximum Gasteiger partial charge on any atom is 0.0345 e. The molecule has 204 valence electrons. The molecule has 0 aliphatic rings. The van der Waals surface area contributed by atoms with Gasteiger partial charge in [-0.2, -0.15) is 0 Å². The Balaban J connectivity index is 0.000000199. The van der Waals surface area contributed by atoms with Crippen molar-refractivity contribution >= 4 is 44.1 Å². The van der Waals surface area contributed by atoms with E-state index in [2.05, 4.69) is 131 Å². The maximum atomic E-state index is 2.34. The first-order valence-electron chi connectivity index (χ1n) is 14.0. The smallest absolute Gasteiger partial charge is 0.0345 e. The summed E-state index contributed by atoms with van der Waals surface area (Å²) in [6.07, 6.45) is 0. The van der Waals surface area contributed by atoms with Crippen LogP contribution in [0.4, 0.5) is 0 Å². The fourth-order valence-corrected chi connectivity index (χ4v) is 6.84. The summed E-state index contributed by atoms with van der Waals surface area (Å²) in [4.78, 5) is 6.02. The zero-order valence-corrected chi connectivity index (χ0v) is 27.8. The Labute approximate surface area is 240 Å². The Morgan fingerprint density at radius 3 is 1.32 bits per heavy atom. The van der Waals surface area contributed by atoms with Crippen LogP contribution in [0.2, 0.25) is 0 Å². The van der Waals surface area contributed by atoms with Crippen molar-refractivity contribution in [2.24, 2.45) is 0 Å². The molecule has 4 aromatic rings. The van der Waals surface area contributed by atoms with Crippen LogP contribution in [0.1, 0.15) is 149 Å². The highest BCUT2D eigenvalue weighted by atomic mass is 32.1. The van der Waals surface area contributed by atoms with Gasteiger partial charge >= 0.3 is 0 Å². The quantitative estimate of drug-likeness (QED) is 0.222. The molecule has 0 aliphatic heterocycles. The van der Waals surface area contributed by atoms with Crippen molar-refractivity contribution in [1.82, 2.24) is 0 Å². The van der Waals surface area contributed by atoms with Crippen LogP contribution in [0.15, 0.2) is 47.8 Å². The van der Waals surface area contributed by atoms with Gasteiger partial charge in [-0.3, -0.25) is 0 Å². The van der Waals surface area contributed by atoms with E-state index in [0.717, 1.165) is 0 Å². The minimum absolute atomic E-state index is 0.622. The van der Waals surface area contributed by atoms with E-state index < -0.39 is 0 Å². The summed E-state index contributed by atoms with van der Waals surface area (Å²) in [7, 11) is 0. The zero-order valence-electron chi connectivity index (χ0n) is 25.3. The van der Waals surface area contributed by atoms with Gasteiger partial charge in [-0.25, -0.2) is 0 Å². The van der Waals surface area contributed by atoms with E-state index in [1.165, 1.54) is 40.7 Å². The molecule has 0 amide bonds. The molecule has 37 heavy (non-hydrogen) atoms. The number of hydrogen-bond acceptors (Lipinski definition) is 3. The lowest BCUT2D eigenvalue weighted by atomic mass is 10.0. The Morgan fingerprint density at radius 1 is 0.432 bits per heavy atom. The van der Waals surface area contributed by atoms with Crippen molar-refractivity contribution in [3.8, 4) is 0 Å². The number of benzene rings is 1. The summed E-state index contributed by atoms with van der Waals surface area (Å²) in [5, 5.41) is 3.69. The average Bonchev–Trinajstić information content (AvgIpc) is 3.58. The number of fused-ring (bicyclic) bond motifs is 1. The second kappa shape index (κ2) is 14.7. The molecule has 0 saturated carbocycles. The van der Waals surface area contributed by atoms with Crippen LogP contribution in [-0.2, 0) is 0 Å². The molecule has 1 aromatic carbocycles. The minimum Gasteiger partial charge on any atom is -0.148 e. The third kappa shape index (κ3) is 9.68. The number of rotatable bonds is 6. The van der Waals surface area contributed by atoms with Crippen molar-refractivity contribution in [2.75, 3.05) is 0 Å². The highest BCUT2D eigenvalue weighted by Gasteiger charge is 2.08. The summed E-state index contributed by atoms with van der Waals surface area (Å²) in [6.45, 7) is 27.0. The molecule has 0 bridgehead atoms. The molecule has 0 unspecified atom stereocenters. The van der Waals surface area contributed by atoms with Gasteiger partial charge in [0.05, 0.1) is 0 Å². The monoisotopic (exact) mass is 554 g/mol. The molecule has 3 aromatic heterocycles. The third-order valence-electron chi connectivity index (χ3n) is 6.46. The maximum absolute atomic E-state index is 2.34. The molecular weight excluding hydrogens is 505 g/mol. The van der Waals surface area contributed by atoms with Gasteiger partial charge in [-0.15, -0.1) is 34.0 Å². The SMILES string of the molecule is CC(C)c1ccc(C(C)C)s1.CC(C)c1ccc2sc(C(C)C)cc2c1.CC(C)c1csc(C(C)C)c1. The van der Waals surface area contributed by atoms with Crippen molar-refractivity contribution in [3.05, 3.63) is 78.5 Å². The fraction of sp³-hybridized carbons (Fsp3) is 0.529. The van der Waals surface area contributed by atoms with Crippen LogP contribution in [0, 0.1) is 0 Å². The summed E-state index contributed by atoms with van der Waals surface area (Å²) in [5.74, 6) is 4.01. The molecule has 0 N–H and O–H groups in total. The molecule has 0 atom stereocenters. The average molecular weight is 555 g/mol. The predicted molar refractivity (Wildman–Crippen MR) is 175 cm³/mol. The van der Waals surface area contributed by atoms with Crippen LogP contribution in [0.25, 0.3) is 10.1 Å². The first-order chi connectivity index (χ1) is 17.3. The van der Waals surface area contributed by atoms with E-state index in [1.54, 1.807) is 0 Å². The Hall–Kier alpha value is -1.42. The Bertz CT molecular complexity index is 1090. The standard InChI is InChI=1S/C14H18S.2C10H16S/c1-9(2)11-5-6-13-12(7-11)8-14(15-13)10(3)4;1-7(2)9-5-10(8(3)4)11-6-9;1-7(2)9-5-6-10(11-9)8(3)4/h5-10H,1-4H3;2*5-8H,1-4H3. The van der Waals surface area contributed by atoms with Gasteiger partial charge in [0.2, 0.25) is 0 Å². The lowest BCUT2D eigenvalue weighted by molar-refractivity contribution is 0.856. The lowest BCUT2D eigenvalue weighted by Gasteiger charge is -2.03. The Morgan fingerprint density at radius 2 is 0.946 bits per heavy atom. The summed E-state index contributed by atoms with van der Waals surface area (Å²) in [5.41, 5.74) is 2.93. The van der Waals surface area contributed by atoms with E-state index >= 15 is 0 Å². The van der Waals surface area contributed by atoms with E-state index in [-0.39, 0.29) is 0 Å². The molecule has 3 heterocycles. The summed E-state index contributed by atoms with van der Waals surface area (Å²) >= 11 is 5.76. The van der Waals surface area contributed by atoms with Crippen LogP contribution in [0.5, 0.6) is 0 Å². The van der Waals surface area contributed by atoms with Crippen LogP contribution in [0.3, 0.4) is 0 Å². The highest BCUT2D eigenvalue weighted by Crippen LogP contribution is 2.32. The van der Waals surface area contributed by atoms with Crippen LogP contribution >= 0.6 is 34.0 Å². The first-order valence-corrected chi connectivity index (χ1v) is 16.5. The summed E-state index contributed by atoms with van der Waals surface area (Å²) < 4.78 is 1.42. The van der Waals surface area contributed by atoms with Gasteiger partial charge < -0.3 is 0 Å². The number of hydrogen-bond donors (Lipinski definition) is 0. The molecule has 0 saturated heterocycles. The Kier molecular flexibility index (Phi) is 12.6. The van der Waals surface area contributed by atoms with Crippen molar-refractivity contribution in [2.45, 2.75) is 119 Å².